The van der Waals surface area contributed by atoms with Crippen LogP contribution in [0.4, 0.5) is 5.69 Å². The zero-order valence-electron chi connectivity index (χ0n) is 14.2. The van der Waals surface area contributed by atoms with Crippen molar-refractivity contribution in [3.8, 4) is 0 Å². The molecular formula is C16H22N2O5S. The van der Waals surface area contributed by atoms with Crippen LogP contribution in [0.25, 0.3) is 0 Å². The molecule has 0 radical (unpaired) electrons. The van der Waals surface area contributed by atoms with Crippen LogP contribution in [-0.4, -0.2) is 35.6 Å². The summed E-state index contributed by atoms with van der Waals surface area (Å²) in [6, 6.07) is 1.50. The maximum absolute atomic E-state index is 12.7. The van der Waals surface area contributed by atoms with Gasteiger partial charge in [0.25, 0.3) is 11.8 Å². The molecule has 1 aliphatic heterocycles. The largest absolute Gasteiger partial charge is 0.457 e. The minimum absolute atomic E-state index is 0.250. The van der Waals surface area contributed by atoms with Crippen molar-refractivity contribution in [2.24, 2.45) is 5.73 Å². The Hall–Kier alpha value is -1.93. The lowest BCUT2D eigenvalue weighted by Gasteiger charge is -2.29. The van der Waals surface area contributed by atoms with Crippen LogP contribution in [0.3, 0.4) is 0 Å². The Morgan fingerprint density at radius 2 is 2.04 bits per heavy atom. The Morgan fingerprint density at radius 3 is 2.50 bits per heavy atom. The number of esters is 1. The maximum Gasteiger partial charge on any atom is 0.348 e. The van der Waals surface area contributed by atoms with E-state index in [1.165, 1.54) is 17.4 Å². The normalized spacial score (nSPS) is 20.7. The molecule has 2 amide bonds. The first-order valence-corrected chi connectivity index (χ1v) is 8.46. The molecule has 0 aromatic carbocycles. The van der Waals surface area contributed by atoms with Crippen molar-refractivity contribution in [2.45, 2.75) is 51.7 Å². The van der Waals surface area contributed by atoms with E-state index in [4.69, 9.17) is 15.2 Å². The summed E-state index contributed by atoms with van der Waals surface area (Å²) in [6.45, 7) is 7.25. The molecule has 1 aromatic rings. The Bertz CT molecular complexity index is 668. The third-order valence-corrected chi connectivity index (χ3v) is 4.59. The quantitative estimate of drug-likeness (QED) is 0.635. The van der Waals surface area contributed by atoms with E-state index in [1.54, 1.807) is 27.7 Å². The van der Waals surface area contributed by atoms with Crippen LogP contribution in [0, 0.1) is 6.92 Å². The number of hydrogen-bond donors (Lipinski definition) is 2. The topological polar surface area (TPSA) is 108 Å². The molecule has 1 atom stereocenters. The van der Waals surface area contributed by atoms with Crippen molar-refractivity contribution in [2.75, 3.05) is 11.9 Å². The fraction of sp³-hybridized carbons (Fsp3) is 0.562. The number of hydrogen-bond acceptors (Lipinski definition) is 6. The number of primary amides is 1. The van der Waals surface area contributed by atoms with Crippen molar-refractivity contribution in [1.29, 1.82) is 0 Å². The Balaban J connectivity index is 2.24. The summed E-state index contributed by atoms with van der Waals surface area (Å²) >= 11 is 1.18. The molecule has 2 heterocycles. The van der Waals surface area contributed by atoms with Gasteiger partial charge < -0.3 is 20.5 Å². The van der Waals surface area contributed by atoms with E-state index in [0.29, 0.717) is 23.6 Å². The molecule has 0 spiro atoms. The lowest BCUT2D eigenvalue weighted by atomic mass is 9.98. The molecule has 1 aliphatic rings. The molecule has 24 heavy (non-hydrogen) atoms. The fourth-order valence-electron chi connectivity index (χ4n) is 2.38. The van der Waals surface area contributed by atoms with Crippen LogP contribution in [0.2, 0.25) is 0 Å². The van der Waals surface area contributed by atoms with Crippen molar-refractivity contribution in [3.05, 3.63) is 15.8 Å². The molecule has 0 aliphatic carbocycles. The van der Waals surface area contributed by atoms with Crippen LogP contribution in [0.5, 0.6) is 0 Å². The number of rotatable bonds is 4. The molecule has 132 valence electrons. The highest BCUT2D eigenvalue weighted by Crippen LogP contribution is 2.32. The number of ether oxygens (including phenoxy) is 2. The molecule has 1 fully saturated rings. The second-order valence-corrected chi connectivity index (χ2v) is 7.94. The number of carbonyl (C=O) groups excluding carboxylic acids is 3. The molecule has 7 nitrogen and oxygen atoms in total. The Labute approximate surface area is 144 Å². The number of thiophene rings is 1. The number of amides is 2. The molecule has 0 saturated carbocycles. The van der Waals surface area contributed by atoms with Gasteiger partial charge in [-0.25, -0.2) is 4.79 Å². The first-order chi connectivity index (χ1) is 11.0. The molecular weight excluding hydrogens is 332 g/mol. The summed E-state index contributed by atoms with van der Waals surface area (Å²) in [4.78, 5) is 37.6. The molecule has 3 N–H and O–H groups in total. The average molecular weight is 354 g/mol. The first-order valence-electron chi connectivity index (χ1n) is 7.64. The lowest BCUT2D eigenvalue weighted by Crippen LogP contribution is -2.52. The van der Waals surface area contributed by atoms with Gasteiger partial charge in [0.2, 0.25) is 5.60 Å². The standard InChI is InChI=1S/C16H22N2O5S/c1-9-10(8-11(24-9)12(17)19)18-13(20)16(6-5-7-22-16)14(21)23-15(2,3)4/h8H,5-7H2,1-4H3,(H2,17,19)(H,18,20). The van der Waals surface area contributed by atoms with Gasteiger partial charge in [0, 0.05) is 11.5 Å². The van der Waals surface area contributed by atoms with Gasteiger partial charge >= 0.3 is 5.97 Å². The van der Waals surface area contributed by atoms with Crippen molar-refractivity contribution in [3.63, 3.8) is 0 Å². The van der Waals surface area contributed by atoms with Gasteiger partial charge in [0.05, 0.1) is 10.6 Å². The number of carbonyl (C=O) groups is 3. The van der Waals surface area contributed by atoms with Gasteiger partial charge in [0.1, 0.15) is 5.60 Å². The van der Waals surface area contributed by atoms with E-state index in [0.717, 1.165) is 4.88 Å². The SMILES string of the molecule is Cc1sc(C(N)=O)cc1NC(=O)C1(C(=O)OC(C)(C)C)CCCO1. The fourth-order valence-corrected chi connectivity index (χ4v) is 3.21. The highest BCUT2D eigenvalue weighted by atomic mass is 32.1. The third kappa shape index (κ3) is 3.76. The average Bonchev–Trinajstić information content (AvgIpc) is 3.05. The third-order valence-electron chi connectivity index (χ3n) is 3.53. The van der Waals surface area contributed by atoms with Gasteiger partial charge in [-0.05, 0) is 46.6 Å². The summed E-state index contributed by atoms with van der Waals surface area (Å²) in [5.74, 6) is -1.86. The van der Waals surface area contributed by atoms with Gasteiger partial charge in [-0.1, -0.05) is 0 Å². The van der Waals surface area contributed by atoms with E-state index in [2.05, 4.69) is 5.32 Å². The van der Waals surface area contributed by atoms with Crippen LogP contribution < -0.4 is 11.1 Å². The van der Waals surface area contributed by atoms with E-state index in [-0.39, 0.29) is 6.42 Å². The second kappa shape index (κ2) is 6.52. The molecule has 0 bridgehead atoms. The number of nitrogens with one attached hydrogen (secondary N) is 1. The van der Waals surface area contributed by atoms with Gasteiger partial charge in [-0.15, -0.1) is 11.3 Å². The predicted molar refractivity (Wildman–Crippen MR) is 90.0 cm³/mol. The number of anilines is 1. The number of nitrogens with two attached hydrogens (primary N) is 1. The second-order valence-electron chi connectivity index (χ2n) is 6.68. The highest BCUT2D eigenvalue weighted by molar-refractivity contribution is 7.14. The smallest absolute Gasteiger partial charge is 0.348 e. The zero-order valence-corrected chi connectivity index (χ0v) is 15.0. The first kappa shape index (κ1) is 18.4. The lowest BCUT2D eigenvalue weighted by molar-refractivity contribution is -0.180. The molecule has 2 rings (SSSR count). The molecule has 1 aromatic heterocycles. The maximum atomic E-state index is 12.7. The van der Waals surface area contributed by atoms with E-state index < -0.39 is 29.0 Å². The minimum Gasteiger partial charge on any atom is -0.457 e. The highest BCUT2D eigenvalue weighted by Gasteiger charge is 2.52. The van der Waals surface area contributed by atoms with Gasteiger partial charge in [-0.2, -0.15) is 0 Å². The molecule has 1 saturated heterocycles. The minimum atomic E-state index is -1.66. The van der Waals surface area contributed by atoms with Gasteiger partial charge in [0.15, 0.2) is 0 Å². The monoisotopic (exact) mass is 354 g/mol. The Morgan fingerprint density at radius 1 is 1.38 bits per heavy atom. The van der Waals surface area contributed by atoms with E-state index in [9.17, 15) is 14.4 Å². The van der Waals surface area contributed by atoms with Gasteiger partial charge in [-0.3, -0.25) is 9.59 Å². The summed E-state index contributed by atoms with van der Waals surface area (Å²) in [5, 5.41) is 2.67. The van der Waals surface area contributed by atoms with E-state index in [1.807, 2.05) is 0 Å². The van der Waals surface area contributed by atoms with Crippen LogP contribution in [0.15, 0.2) is 6.07 Å². The summed E-state index contributed by atoms with van der Waals surface area (Å²) in [5.41, 5.74) is 3.31. The number of aryl methyl sites for hydroxylation is 1. The predicted octanol–water partition coefficient (Wildman–Crippen LogP) is 1.98. The Kier molecular flexibility index (Phi) is 5.00. The van der Waals surface area contributed by atoms with Crippen molar-refractivity contribution >= 4 is 34.8 Å². The zero-order chi connectivity index (χ0) is 18.1. The van der Waals surface area contributed by atoms with E-state index >= 15 is 0 Å². The van der Waals surface area contributed by atoms with Crippen LogP contribution in [-0.2, 0) is 19.1 Å². The van der Waals surface area contributed by atoms with Crippen LogP contribution in [0.1, 0.15) is 48.2 Å². The van der Waals surface area contributed by atoms with Crippen molar-refractivity contribution < 1.29 is 23.9 Å². The van der Waals surface area contributed by atoms with Crippen molar-refractivity contribution in [1.82, 2.24) is 0 Å². The summed E-state index contributed by atoms with van der Waals surface area (Å²) in [6.07, 6.45) is 0.835. The molecule has 1 unspecified atom stereocenters. The molecule has 8 heteroatoms. The van der Waals surface area contributed by atoms with Crippen LogP contribution >= 0.6 is 11.3 Å². The summed E-state index contributed by atoms with van der Waals surface area (Å²) in [7, 11) is 0. The summed E-state index contributed by atoms with van der Waals surface area (Å²) < 4.78 is 10.9.